The van der Waals surface area contributed by atoms with Crippen LogP contribution in [-0.4, -0.2) is 46.6 Å². The van der Waals surface area contributed by atoms with Gasteiger partial charge in [-0.05, 0) is 23.8 Å². The molecule has 0 radical (unpaired) electrons. The van der Waals surface area contributed by atoms with Crippen molar-refractivity contribution in [3.8, 4) is 0 Å². The van der Waals surface area contributed by atoms with Crippen molar-refractivity contribution in [1.29, 1.82) is 0 Å². The molecule has 7 nitrogen and oxygen atoms in total. The monoisotopic (exact) mass is 426 g/mol. The Kier molecular flexibility index (Phi) is 5.46. The van der Waals surface area contributed by atoms with E-state index in [-0.39, 0.29) is 5.91 Å². The summed E-state index contributed by atoms with van der Waals surface area (Å²) >= 11 is 0. The van der Waals surface area contributed by atoms with Crippen molar-refractivity contribution >= 4 is 34.1 Å². The molecule has 1 N–H and O–H groups in total. The van der Waals surface area contributed by atoms with Crippen LogP contribution in [0.2, 0.25) is 0 Å². The SMILES string of the molecule is Cn1cc(CC(=O)Nc2cnc(N3CCN(c4ccccc4)CC3)nc2)c2ccccc21. The van der Waals surface area contributed by atoms with E-state index in [4.69, 9.17) is 0 Å². The van der Waals surface area contributed by atoms with Gasteiger partial charge < -0.3 is 19.7 Å². The van der Waals surface area contributed by atoms with E-state index in [0.29, 0.717) is 18.1 Å². The van der Waals surface area contributed by atoms with Crippen LogP contribution in [0.25, 0.3) is 10.9 Å². The largest absolute Gasteiger partial charge is 0.368 e. The van der Waals surface area contributed by atoms with Crippen molar-refractivity contribution in [2.75, 3.05) is 41.3 Å². The lowest BCUT2D eigenvalue weighted by atomic mass is 10.1. The summed E-state index contributed by atoms with van der Waals surface area (Å²) in [5, 5.41) is 4.03. The molecule has 2 aromatic heterocycles. The number of aryl methyl sites for hydroxylation is 1. The summed E-state index contributed by atoms with van der Waals surface area (Å²) in [6.45, 7) is 3.58. The first-order valence-electron chi connectivity index (χ1n) is 10.9. The highest BCUT2D eigenvalue weighted by Gasteiger charge is 2.19. The molecule has 2 aromatic carbocycles. The summed E-state index contributed by atoms with van der Waals surface area (Å²) in [7, 11) is 2.00. The highest BCUT2D eigenvalue weighted by Crippen LogP contribution is 2.22. The molecule has 1 fully saturated rings. The average molecular weight is 427 g/mol. The minimum Gasteiger partial charge on any atom is -0.368 e. The summed E-state index contributed by atoms with van der Waals surface area (Å²) < 4.78 is 2.05. The standard InChI is InChI=1S/C25H26N6O/c1-29-18-19(22-9-5-6-10-23(22)29)15-24(32)28-20-16-26-25(27-17-20)31-13-11-30(12-14-31)21-7-3-2-4-8-21/h2-10,16-18H,11-15H2,1H3,(H,28,32). The van der Waals surface area contributed by atoms with E-state index in [9.17, 15) is 4.79 Å². The first-order chi connectivity index (χ1) is 15.7. The van der Waals surface area contributed by atoms with Gasteiger partial charge in [0.2, 0.25) is 11.9 Å². The molecule has 0 unspecified atom stereocenters. The van der Waals surface area contributed by atoms with Crippen LogP contribution in [0.4, 0.5) is 17.3 Å². The number of rotatable bonds is 5. The Morgan fingerprint density at radius 2 is 1.56 bits per heavy atom. The molecule has 5 rings (SSSR count). The maximum absolute atomic E-state index is 12.6. The predicted molar refractivity (Wildman–Crippen MR) is 128 cm³/mol. The van der Waals surface area contributed by atoms with Crippen LogP contribution in [0.5, 0.6) is 0 Å². The molecule has 1 amide bonds. The molecule has 1 aliphatic heterocycles. The van der Waals surface area contributed by atoms with Gasteiger partial charge in [-0.2, -0.15) is 0 Å². The zero-order valence-corrected chi connectivity index (χ0v) is 18.1. The van der Waals surface area contributed by atoms with Gasteiger partial charge in [-0.3, -0.25) is 4.79 Å². The molecule has 1 aliphatic rings. The Morgan fingerprint density at radius 1 is 0.906 bits per heavy atom. The maximum Gasteiger partial charge on any atom is 0.228 e. The summed E-state index contributed by atoms with van der Waals surface area (Å²) in [6, 6.07) is 18.6. The topological polar surface area (TPSA) is 66.3 Å². The van der Waals surface area contributed by atoms with E-state index in [1.54, 1.807) is 12.4 Å². The second-order valence-electron chi connectivity index (χ2n) is 8.09. The van der Waals surface area contributed by atoms with E-state index in [1.807, 2.05) is 42.1 Å². The zero-order chi connectivity index (χ0) is 21.9. The molecule has 0 spiro atoms. The number of nitrogens with one attached hydrogen (secondary N) is 1. The van der Waals surface area contributed by atoms with Crippen LogP contribution in [0.1, 0.15) is 5.56 Å². The number of amides is 1. The van der Waals surface area contributed by atoms with Gasteiger partial charge in [0.25, 0.3) is 0 Å². The van der Waals surface area contributed by atoms with Crippen LogP contribution in [0.3, 0.4) is 0 Å². The third kappa shape index (κ3) is 4.14. The van der Waals surface area contributed by atoms with Crippen molar-refractivity contribution in [2.24, 2.45) is 7.05 Å². The molecule has 0 bridgehead atoms. The Labute approximate surface area is 187 Å². The average Bonchev–Trinajstić information content (AvgIpc) is 3.15. The molecule has 1 saturated heterocycles. The molecule has 0 aliphatic carbocycles. The number of para-hydroxylation sites is 2. The van der Waals surface area contributed by atoms with Gasteiger partial charge in [0, 0.05) is 56.0 Å². The highest BCUT2D eigenvalue weighted by atomic mass is 16.1. The van der Waals surface area contributed by atoms with Crippen LogP contribution in [-0.2, 0) is 18.3 Å². The quantitative estimate of drug-likeness (QED) is 0.529. The maximum atomic E-state index is 12.6. The van der Waals surface area contributed by atoms with Gasteiger partial charge in [-0.25, -0.2) is 9.97 Å². The second-order valence-corrected chi connectivity index (χ2v) is 8.09. The molecule has 0 saturated carbocycles. The van der Waals surface area contributed by atoms with Crippen molar-refractivity contribution in [3.63, 3.8) is 0 Å². The molecular weight excluding hydrogens is 400 g/mol. The number of benzene rings is 2. The molecule has 162 valence electrons. The van der Waals surface area contributed by atoms with Crippen molar-refractivity contribution in [2.45, 2.75) is 6.42 Å². The van der Waals surface area contributed by atoms with Crippen LogP contribution in [0, 0.1) is 0 Å². The predicted octanol–water partition coefficient (Wildman–Crippen LogP) is 3.48. The van der Waals surface area contributed by atoms with E-state index in [2.05, 4.69) is 55.4 Å². The smallest absolute Gasteiger partial charge is 0.228 e. The Hall–Kier alpha value is -3.87. The molecule has 7 heteroatoms. The highest BCUT2D eigenvalue weighted by molar-refractivity contribution is 5.95. The third-order valence-electron chi connectivity index (χ3n) is 5.94. The first kappa shape index (κ1) is 20.1. The molecule has 0 atom stereocenters. The summed E-state index contributed by atoms with van der Waals surface area (Å²) in [5.41, 5.74) is 3.99. The van der Waals surface area contributed by atoms with E-state index in [0.717, 1.165) is 42.6 Å². The number of nitrogens with zero attached hydrogens (tertiary/aromatic N) is 5. The van der Waals surface area contributed by atoms with Gasteiger partial charge in [0.1, 0.15) is 0 Å². The zero-order valence-electron chi connectivity index (χ0n) is 18.1. The fourth-order valence-corrected chi connectivity index (χ4v) is 4.30. The third-order valence-corrected chi connectivity index (χ3v) is 5.94. The lowest BCUT2D eigenvalue weighted by molar-refractivity contribution is -0.115. The number of aromatic nitrogens is 3. The Balaban J connectivity index is 1.18. The number of piperazine rings is 1. The van der Waals surface area contributed by atoms with Crippen LogP contribution >= 0.6 is 0 Å². The van der Waals surface area contributed by atoms with Gasteiger partial charge in [0.05, 0.1) is 24.5 Å². The minimum absolute atomic E-state index is 0.0748. The fourth-order valence-electron chi connectivity index (χ4n) is 4.30. The van der Waals surface area contributed by atoms with Crippen LogP contribution in [0.15, 0.2) is 73.2 Å². The summed E-state index contributed by atoms with van der Waals surface area (Å²) in [5.74, 6) is 0.624. The number of fused-ring (bicyclic) bond motifs is 1. The Morgan fingerprint density at radius 3 is 2.31 bits per heavy atom. The minimum atomic E-state index is -0.0748. The lowest BCUT2D eigenvalue weighted by Gasteiger charge is -2.36. The lowest BCUT2D eigenvalue weighted by Crippen LogP contribution is -2.47. The summed E-state index contributed by atoms with van der Waals surface area (Å²) in [6.07, 6.45) is 5.70. The molecular formula is C25H26N6O. The first-order valence-corrected chi connectivity index (χ1v) is 10.9. The van der Waals surface area contributed by atoms with Gasteiger partial charge in [-0.1, -0.05) is 36.4 Å². The van der Waals surface area contributed by atoms with E-state index < -0.39 is 0 Å². The van der Waals surface area contributed by atoms with E-state index in [1.165, 1.54) is 5.69 Å². The number of hydrogen-bond acceptors (Lipinski definition) is 5. The number of hydrogen-bond donors (Lipinski definition) is 1. The van der Waals surface area contributed by atoms with Crippen molar-refractivity contribution < 1.29 is 4.79 Å². The van der Waals surface area contributed by atoms with Gasteiger partial charge >= 0.3 is 0 Å². The number of carbonyl (C=O) groups excluding carboxylic acids is 1. The number of anilines is 3. The van der Waals surface area contributed by atoms with E-state index >= 15 is 0 Å². The van der Waals surface area contributed by atoms with Crippen LogP contribution < -0.4 is 15.1 Å². The molecule has 4 aromatic rings. The Bertz CT molecular complexity index is 1210. The summed E-state index contributed by atoms with van der Waals surface area (Å²) in [4.78, 5) is 26.1. The molecule has 32 heavy (non-hydrogen) atoms. The second kappa shape index (κ2) is 8.70. The van der Waals surface area contributed by atoms with Gasteiger partial charge in [0.15, 0.2) is 0 Å². The molecule has 3 heterocycles. The normalized spacial score (nSPS) is 14.0. The fraction of sp³-hybridized carbons (Fsp3) is 0.240. The van der Waals surface area contributed by atoms with Crippen molar-refractivity contribution in [1.82, 2.24) is 14.5 Å². The van der Waals surface area contributed by atoms with Gasteiger partial charge in [-0.15, -0.1) is 0 Å². The van der Waals surface area contributed by atoms with Crippen molar-refractivity contribution in [3.05, 3.63) is 78.8 Å². The number of carbonyl (C=O) groups is 1.